The Morgan fingerprint density at radius 1 is 1.82 bits per heavy atom. The highest BCUT2D eigenvalue weighted by Gasteiger charge is 2.25. The molecule has 1 fully saturated rings. The van der Waals surface area contributed by atoms with Crippen molar-refractivity contribution < 1.29 is 23.8 Å². The summed E-state index contributed by atoms with van der Waals surface area (Å²) in [6.07, 6.45) is -1.27. The minimum Gasteiger partial charge on any atom is -0.450 e. The summed E-state index contributed by atoms with van der Waals surface area (Å²) in [4.78, 5) is 20.3. The molecule has 6 heteroatoms. The summed E-state index contributed by atoms with van der Waals surface area (Å²) in [5, 5.41) is 0. The van der Waals surface area contributed by atoms with Crippen molar-refractivity contribution in [2.75, 3.05) is 13.2 Å². The molecule has 0 spiro atoms. The smallest absolute Gasteiger partial charge is 0.450 e. The summed E-state index contributed by atoms with van der Waals surface area (Å²) < 4.78 is 13.3. The third kappa shape index (κ3) is 2.63. The van der Waals surface area contributed by atoms with Crippen LogP contribution in [0.1, 0.15) is 0 Å². The molecule has 1 rings (SSSR count). The SMILES string of the molecule is O=C(Cl)OC[C@@H]1COC(=O)O1. The van der Waals surface area contributed by atoms with Gasteiger partial charge >= 0.3 is 11.6 Å². The van der Waals surface area contributed by atoms with E-state index in [2.05, 4.69) is 14.2 Å². The first-order chi connectivity index (χ1) is 5.18. The zero-order chi connectivity index (χ0) is 8.27. The van der Waals surface area contributed by atoms with Crippen LogP contribution in [0.3, 0.4) is 0 Å². The Bertz CT molecular complexity index is 180. The van der Waals surface area contributed by atoms with Crippen molar-refractivity contribution in [3.05, 3.63) is 0 Å². The Kier molecular flexibility index (Phi) is 2.53. The highest BCUT2D eigenvalue weighted by molar-refractivity contribution is 6.61. The molecule has 1 atom stereocenters. The quantitative estimate of drug-likeness (QED) is 0.467. The molecule has 0 radical (unpaired) electrons. The number of rotatable bonds is 2. The average molecular weight is 181 g/mol. The van der Waals surface area contributed by atoms with E-state index >= 15 is 0 Å². The molecule has 0 saturated carbocycles. The molecular weight excluding hydrogens is 176 g/mol. The highest BCUT2D eigenvalue weighted by Crippen LogP contribution is 2.06. The number of halogens is 1. The van der Waals surface area contributed by atoms with Crippen molar-refractivity contribution in [2.24, 2.45) is 0 Å². The normalized spacial score (nSPS) is 22.3. The number of carbonyl (C=O) groups is 2. The molecule has 1 aliphatic rings. The molecule has 0 aromatic heterocycles. The fourth-order valence-corrected chi connectivity index (χ4v) is 0.669. The molecule has 0 unspecified atom stereocenters. The molecule has 0 aliphatic carbocycles. The van der Waals surface area contributed by atoms with Gasteiger partial charge in [-0.05, 0) is 0 Å². The van der Waals surface area contributed by atoms with Crippen LogP contribution in [0.5, 0.6) is 0 Å². The minimum absolute atomic E-state index is 0.0614. The van der Waals surface area contributed by atoms with Gasteiger partial charge in [-0.25, -0.2) is 9.59 Å². The second-order valence-corrected chi connectivity index (χ2v) is 2.16. The van der Waals surface area contributed by atoms with Crippen LogP contribution in [0, 0.1) is 0 Å². The topological polar surface area (TPSA) is 61.8 Å². The number of ether oxygens (including phenoxy) is 3. The summed E-state index contributed by atoms with van der Waals surface area (Å²) in [6, 6.07) is 0. The predicted octanol–water partition coefficient (Wildman–Crippen LogP) is 0.897. The lowest BCUT2D eigenvalue weighted by Crippen LogP contribution is -2.18. The first kappa shape index (κ1) is 8.13. The van der Waals surface area contributed by atoms with Crippen LogP contribution in [0.25, 0.3) is 0 Å². The molecule has 11 heavy (non-hydrogen) atoms. The Morgan fingerprint density at radius 2 is 2.55 bits per heavy atom. The van der Waals surface area contributed by atoms with Gasteiger partial charge in [-0.1, -0.05) is 0 Å². The van der Waals surface area contributed by atoms with Crippen molar-refractivity contribution in [3.8, 4) is 0 Å². The number of cyclic esters (lactones) is 2. The first-order valence-electron chi connectivity index (χ1n) is 2.84. The van der Waals surface area contributed by atoms with Crippen molar-refractivity contribution in [3.63, 3.8) is 0 Å². The maximum atomic E-state index is 10.3. The second kappa shape index (κ2) is 3.43. The van der Waals surface area contributed by atoms with E-state index < -0.39 is 17.7 Å². The molecule has 1 aliphatic heterocycles. The largest absolute Gasteiger partial charge is 0.508 e. The molecule has 1 heterocycles. The summed E-state index contributed by atoms with van der Waals surface area (Å²) in [5.41, 5.74) is -0.923. The van der Waals surface area contributed by atoms with Crippen LogP contribution in [0.15, 0.2) is 0 Å². The van der Waals surface area contributed by atoms with Gasteiger partial charge in [-0.2, -0.15) is 0 Å². The van der Waals surface area contributed by atoms with Gasteiger partial charge < -0.3 is 14.2 Å². The van der Waals surface area contributed by atoms with Crippen LogP contribution in [0.4, 0.5) is 9.59 Å². The molecule has 1 saturated heterocycles. The van der Waals surface area contributed by atoms with Crippen LogP contribution in [0.2, 0.25) is 0 Å². The van der Waals surface area contributed by atoms with Gasteiger partial charge in [0.05, 0.1) is 0 Å². The van der Waals surface area contributed by atoms with E-state index in [1.165, 1.54) is 0 Å². The standard InChI is InChI=1S/C5H5ClO5/c6-4(7)9-1-3-2-10-5(8)11-3/h3H,1-2H2/t3-/m1/s1. The molecule has 0 aromatic rings. The number of hydrogen-bond acceptors (Lipinski definition) is 5. The fourth-order valence-electron chi connectivity index (χ4n) is 0.606. The third-order valence-electron chi connectivity index (χ3n) is 1.03. The Balaban J connectivity index is 2.18. The molecule has 0 N–H and O–H groups in total. The number of hydrogen-bond donors (Lipinski definition) is 0. The van der Waals surface area contributed by atoms with E-state index in [4.69, 9.17) is 11.6 Å². The maximum Gasteiger partial charge on any atom is 0.508 e. The number of carbonyl (C=O) groups excluding carboxylic acids is 2. The van der Waals surface area contributed by atoms with Crippen LogP contribution >= 0.6 is 11.6 Å². The van der Waals surface area contributed by atoms with Crippen molar-refractivity contribution in [1.29, 1.82) is 0 Å². The van der Waals surface area contributed by atoms with Crippen molar-refractivity contribution >= 4 is 23.2 Å². The molecule has 5 nitrogen and oxygen atoms in total. The summed E-state index contributed by atoms with van der Waals surface area (Å²) in [7, 11) is 0. The van der Waals surface area contributed by atoms with E-state index in [0.717, 1.165) is 0 Å². The Hall–Kier alpha value is -0.970. The Labute approximate surface area is 67.2 Å². The van der Waals surface area contributed by atoms with Gasteiger partial charge in [-0.3, -0.25) is 0 Å². The van der Waals surface area contributed by atoms with E-state index in [0.29, 0.717) is 0 Å². The molecule has 62 valence electrons. The van der Waals surface area contributed by atoms with Gasteiger partial charge in [0.2, 0.25) is 0 Å². The van der Waals surface area contributed by atoms with Crippen LogP contribution < -0.4 is 0 Å². The molecular formula is C5H5ClO5. The summed E-state index contributed by atoms with van der Waals surface area (Å²) in [5.74, 6) is 0. The van der Waals surface area contributed by atoms with Crippen molar-refractivity contribution in [1.82, 2.24) is 0 Å². The van der Waals surface area contributed by atoms with Crippen molar-refractivity contribution in [2.45, 2.75) is 6.10 Å². The predicted molar refractivity (Wildman–Crippen MR) is 33.4 cm³/mol. The van der Waals surface area contributed by atoms with Gasteiger partial charge in [-0.15, -0.1) is 0 Å². The zero-order valence-corrected chi connectivity index (χ0v) is 6.17. The second-order valence-electron chi connectivity index (χ2n) is 1.85. The summed E-state index contributed by atoms with van der Waals surface area (Å²) in [6.45, 7) is 0.0388. The van der Waals surface area contributed by atoms with Gasteiger partial charge in [0, 0.05) is 11.6 Å². The van der Waals surface area contributed by atoms with E-state index in [9.17, 15) is 9.59 Å². The van der Waals surface area contributed by atoms with E-state index in [1.54, 1.807) is 0 Å². The first-order valence-corrected chi connectivity index (χ1v) is 3.22. The minimum atomic E-state index is -0.923. The van der Waals surface area contributed by atoms with Crippen LogP contribution in [-0.2, 0) is 14.2 Å². The molecule has 0 bridgehead atoms. The third-order valence-corrected chi connectivity index (χ3v) is 1.14. The average Bonchev–Trinajstić information content (AvgIpc) is 2.31. The van der Waals surface area contributed by atoms with Gasteiger partial charge in [0.25, 0.3) is 0 Å². The highest BCUT2D eigenvalue weighted by atomic mass is 35.5. The zero-order valence-electron chi connectivity index (χ0n) is 5.41. The van der Waals surface area contributed by atoms with Gasteiger partial charge in [0.1, 0.15) is 13.2 Å². The molecule has 0 aromatic carbocycles. The Morgan fingerprint density at radius 3 is 3.00 bits per heavy atom. The lowest BCUT2D eigenvalue weighted by molar-refractivity contribution is 0.0823. The van der Waals surface area contributed by atoms with E-state index in [1.807, 2.05) is 0 Å². The lowest BCUT2D eigenvalue weighted by Gasteiger charge is -2.03. The maximum absolute atomic E-state index is 10.3. The fraction of sp³-hybridized carbons (Fsp3) is 0.600. The lowest BCUT2D eigenvalue weighted by atomic mass is 10.4. The molecule has 0 amide bonds. The monoisotopic (exact) mass is 180 g/mol. The van der Waals surface area contributed by atoms with E-state index in [-0.39, 0.29) is 13.2 Å². The van der Waals surface area contributed by atoms with Crippen LogP contribution in [-0.4, -0.2) is 30.9 Å². The van der Waals surface area contributed by atoms with Gasteiger partial charge in [0.15, 0.2) is 6.10 Å². The summed E-state index contributed by atoms with van der Waals surface area (Å²) >= 11 is 4.85.